The van der Waals surface area contributed by atoms with Crippen LogP contribution in [0.1, 0.15) is 20.3 Å². The Morgan fingerprint density at radius 1 is 1.35 bits per heavy atom. The highest BCUT2D eigenvalue weighted by Crippen LogP contribution is 2.44. The number of methoxy groups -OCH3 is 1. The minimum absolute atomic E-state index is 0.137. The predicted molar refractivity (Wildman–Crippen MR) is 82.8 cm³/mol. The minimum Gasteiger partial charge on any atom is -0.399 e. The molecule has 4 heteroatoms. The number of anilines is 2. The second-order valence-electron chi connectivity index (χ2n) is 6.11. The van der Waals surface area contributed by atoms with E-state index in [0.29, 0.717) is 12.1 Å². The summed E-state index contributed by atoms with van der Waals surface area (Å²) in [4.78, 5) is 4.38. The molecule has 1 aliphatic rings. The van der Waals surface area contributed by atoms with Crippen LogP contribution in [-0.2, 0) is 4.74 Å². The van der Waals surface area contributed by atoms with Gasteiger partial charge in [-0.3, -0.25) is 4.98 Å². The van der Waals surface area contributed by atoms with Crippen molar-refractivity contribution in [3.05, 3.63) is 30.5 Å². The quantitative estimate of drug-likeness (QED) is 0.842. The van der Waals surface area contributed by atoms with E-state index in [1.807, 2.05) is 30.5 Å². The Bertz CT molecular complexity index is 639. The summed E-state index contributed by atoms with van der Waals surface area (Å²) in [6, 6.07) is 8.29. The van der Waals surface area contributed by atoms with E-state index in [4.69, 9.17) is 10.5 Å². The third kappa shape index (κ3) is 2.00. The van der Waals surface area contributed by atoms with Crippen molar-refractivity contribution in [2.75, 3.05) is 18.2 Å². The van der Waals surface area contributed by atoms with Crippen molar-refractivity contribution in [3.63, 3.8) is 0 Å². The summed E-state index contributed by atoms with van der Waals surface area (Å²) in [7, 11) is 1.78. The first-order valence-electron chi connectivity index (χ1n) is 6.96. The second-order valence-corrected chi connectivity index (χ2v) is 6.11. The van der Waals surface area contributed by atoms with Crippen LogP contribution in [0, 0.1) is 5.41 Å². The van der Waals surface area contributed by atoms with Crippen molar-refractivity contribution < 1.29 is 4.74 Å². The number of ether oxygens (including phenoxy) is 1. The Hall–Kier alpha value is -1.81. The van der Waals surface area contributed by atoms with Crippen molar-refractivity contribution >= 4 is 22.3 Å². The predicted octanol–water partition coefficient (Wildman–Crippen LogP) is 3.04. The normalized spacial score (nSPS) is 24.4. The molecule has 3 rings (SSSR count). The lowest BCUT2D eigenvalue weighted by atomic mass is 9.64. The van der Waals surface area contributed by atoms with E-state index in [-0.39, 0.29) is 5.41 Å². The highest BCUT2D eigenvalue weighted by atomic mass is 16.5. The third-order valence-corrected chi connectivity index (χ3v) is 4.56. The van der Waals surface area contributed by atoms with Crippen LogP contribution in [0.15, 0.2) is 30.5 Å². The molecule has 0 radical (unpaired) electrons. The molecule has 1 aromatic carbocycles. The largest absolute Gasteiger partial charge is 0.399 e. The van der Waals surface area contributed by atoms with Gasteiger partial charge in [0.05, 0.1) is 11.6 Å². The smallest absolute Gasteiger partial charge is 0.0743 e. The van der Waals surface area contributed by atoms with Crippen molar-refractivity contribution in [3.8, 4) is 0 Å². The molecule has 2 aromatic rings. The average molecular weight is 271 g/mol. The van der Waals surface area contributed by atoms with Crippen LogP contribution >= 0.6 is 0 Å². The zero-order chi connectivity index (χ0) is 14.3. The summed E-state index contributed by atoms with van der Waals surface area (Å²) in [6.07, 6.45) is 3.18. The molecule has 106 valence electrons. The van der Waals surface area contributed by atoms with Gasteiger partial charge >= 0.3 is 0 Å². The summed E-state index contributed by atoms with van der Waals surface area (Å²) in [6.45, 7) is 4.48. The summed E-state index contributed by atoms with van der Waals surface area (Å²) < 4.78 is 5.50. The monoisotopic (exact) mass is 271 g/mol. The van der Waals surface area contributed by atoms with E-state index in [2.05, 4.69) is 24.1 Å². The molecule has 2 atom stereocenters. The number of hydrogen-bond acceptors (Lipinski definition) is 4. The molecule has 20 heavy (non-hydrogen) atoms. The molecular formula is C16H21N3O. The fourth-order valence-electron chi connectivity index (χ4n) is 3.01. The lowest BCUT2D eigenvalue weighted by Crippen LogP contribution is -2.57. The lowest BCUT2D eigenvalue weighted by Gasteiger charge is -2.51. The highest BCUT2D eigenvalue weighted by Gasteiger charge is 2.48. The number of hydrogen-bond donors (Lipinski definition) is 2. The van der Waals surface area contributed by atoms with Crippen LogP contribution in [0.5, 0.6) is 0 Å². The fourth-order valence-corrected chi connectivity index (χ4v) is 3.01. The summed E-state index contributed by atoms with van der Waals surface area (Å²) in [5.74, 6) is 0. The van der Waals surface area contributed by atoms with E-state index in [1.165, 1.54) is 0 Å². The number of benzene rings is 1. The van der Waals surface area contributed by atoms with Gasteiger partial charge < -0.3 is 15.8 Å². The van der Waals surface area contributed by atoms with E-state index in [9.17, 15) is 0 Å². The van der Waals surface area contributed by atoms with Gasteiger partial charge in [0.1, 0.15) is 0 Å². The Morgan fingerprint density at radius 2 is 2.15 bits per heavy atom. The molecule has 3 N–H and O–H groups in total. The van der Waals surface area contributed by atoms with Crippen LogP contribution in [0.4, 0.5) is 11.4 Å². The van der Waals surface area contributed by atoms with Gasteiger partial charge in [-0.05, 0) is 30.7 Å². The first kappa shape index (κ1) is 13.2. The van der Waals surface area contributed by atoms with E-state index in [1.54, 1.807) is 7.11 Å². The first-order chi connectivity index (χ1) is 9.52. The van der Waals surface area contributed by atoms with Crippen LogP contribution in [-0.4, -0.2) is 24.2 Å². The maximum absolute atomic E-state index is 5.81. The van der Waals surface area contributed by atoms with Gasteiger partial charge in [-0.2, -0.15) is 0 Å². The molecule has 0 bridgehead atoms. The maximum atomic E-state index is 5.81. The van der Waals surface area contributed by atoms with Gasteiger partial charge in [0, 0.05) is 41.5 Å². The zero-order valence-electron chi connectivity index (χ0n) is 12.2. The van der Waals surface area contributed by atoms with E-state index < -0.39 is 0 Å². The standard InChI is InChI=1S/C16H21N3O/c1-16(2)14(9-15(16)20-3)19-12-6-7-18-13-8-10(17)4-5-11(12)13/h4-8,14-15H,9,17H2,1-3H3,(H,18,19). The van der Waals surface area contributed by atoms with Crippen LogP contribution in [0.25, 0.3) is 10.9 Å². The maximum Gasteiger partial charge on any atom is 0.0743 e. The highest BCUT2D eigenvalue weighted by molar-refractivity contribution is 5.92. The van der Waals surface area contributed by atoms with E-state index >= 15 is 0 Å². The van der Waals surface area contributed by atoms with Gasteiger partial charge in [0.15, 0.2) is 0 Å². The second kappa shape index (κ2) is 4.63. The number of rotatable bonds is 3. The number of nitrogens with zero attached hydrogens (tertiary/aromatic N) is 1. The molecule has 0 spiro atoms. The third-order valence-electron chi connectivity index (χ3n) is 4.56. The Labute approximate surface area is 119 Å². The molecule has 0 amide bonds. The number of nitrogens with two attached hydrogens (primary N) is 1. The first-order valence-corrected chi connectivity index (χ1v) is 6.96. The van der Waals surface area contributed by atoms with Crippen LogP contribution in [0.2, 0.25) is 0 Å². The Balaban J connectivity index is 1.89. The van der Waals surface area contributed by atoms with Crippen molar-refractivity contribution in [2.24, 2.45) is 5.41 Å². The average Bonchev–Trinajstić information content (AvgIpc) is 2.42. The molecule has 1 aliphatic carbocycles. The molecule has 2 unspecified atom stereocenters. The topological polar surface area (TPSA) is 60.2 Å². The van der Waals surface area contributed by atoms with Crippen molar-refractivity contribution in [1.82, 2.24) is 4.98 Å². The molecular weight excluding hydrogens is 250 g/mol. The number of pyridine rings is 1. The molecule has 1 saturated carbocycles. The SMILES string of the molecule is COC1CC(Nc2ccnc3cc(N)ccc23)C1(C)C. The molecule has 1 fully saturated rings. The van der Waals surface area contributed by atoms with Gasteiger partial charge in [-0.1, -0.05) is 13.8 Å². The number of nitrogens with one attached hydrogen (secondary N) is 1. The van der Waals surface area contributed by atoms with Crippen molar-refractivity contribution in [2.45, 2.75) is 32.4 Å². The van der Waals surface area contributed by atoms with Gasteiger partial charge in [-0.15, -0.1) is 0 Å². The number of fused-ring (bicyclic) bond motifs is 1. The number of aromatic nitrogens is 1. The summed E-state index contributed by atoms with van der Waals surface area (Å²) in [5.41, 5.74) is 8.73. The van der Waals surface area contributed by atoms with Crippen molar-refractivity contribution in [1.29, 1.82) is 0 Å². The van der Waals surface area contributed by atoms with E-state index in [0.717, 1.165) is 28.7 Å². The molecule has 0 saturated heterocycles. The lowest BCUT2D eigenvalue weighted by molar-refractivity contribution is -0.0794. The molecule has 0 aliphatic heterocycles. The van der Waals surface area contributed by atoms with Gasteiger partial charge in [0.25, 0.3) is 0 Å². The summed E-state index contributed by atoms with van der Waals surface area (Å²) in [5, 5.41) is 4.74. The minimum atomic E-state index is 0.137. The van der Waals surface area contributed by atoms with Gasteiger partial charge in [-0.25, -0.2) is 0 Å². The molecule has 1 heterocycles. The zero-order valence-corrected chi connectivity index (χ0v) is 12.2. The molecule has 4 nitrogen and oxygen atoms in total. The van der Waals surface area contributed by atoms with Gasteiger partial charge in [0.2, 0.25) is 0 Å². The van der Waals surface area contributed by atoms with Crippen LogP contribution < -0.4 is 11.1 Å². The Morgan fingerprint density at radius 3 is 2.85 bits per heavy atom. The summed E-state index contributed by atoms with van der Waals surface area (Å²) >= 11 is 0. The fraction of sp³-hybridized carbons (Fsp3) is 0.438. The number of nitrogen functional groups attached to an aromatic ring is 1. The Kier molecular flexibility index (Phi) is 3.05. The van der Waals surface area contributed by atoms with Crippen LogP contribution in [0.3, 0.4) is 0 Å². The molecule has 1 aromatic heterocycles.